The van der Waals surface area contributed by atoms with Gasteiger partial charge < -0.3 is 14.6 Å². The van der Waals surface area contributed by atoms with Crippen LogP contribution in [0.15, 0.2) is 30.3 Å². The van der Waals surface area contributed by atoms with Gasteiger partial charge in [0.1, 0.15) is 6.10 Å². The highest BCUT2D eigenvalue weighted by atomic mass is 16.8. The van der Waals surface area contributed by atoms with Crippen molar-refractivity contribution in [3.63, 3.8) is 0 Å². The summed E-state index contributed by atoms with van der Waals surface area (Å²) in [6.45, 7) is 3.75. The van der Waals surface area contributed by atoms with Gasteiger partial charge in [-0.05, 0) is 19.4 Å². The van der Waals surface area contributed by atoms with E-state index in [0.29, 0.717) is 0 Å². The Morgan fingerprint density at radius 3 is 2.38 bits per heavy atom. The van der Waals surface area contributed by atoms with E-state index in [4.69, 9.17) is 9.47 Å². The van der Waals surface area contributed by atoms with Crippen molar-refractivity contribution in [2.45, 2.75) is 38.3 Å². The Balaban J connectivity index is 2.04. The van der Waals surface area contributed by atoms with Gasteiger partial charge in [0.25, 0.3) is 0 Å². The van der Waals surface area contributed by atoms with Crippen molar-refractivity contribution in [2.24, 2.45) is 0 Å². The third kappa shape index (κ3) is 2.61. The summed E-state index contributed by atoms with van der Waals surface area (Å²) in [5, 5.41) is 9.24. The Kier molecular flexibility index (Phi) is 3.28. The van der Waals surface area contributed by atoms with Crippen molar-refractivity contribution in [2.75, 3.05) is 6.61 Å². The number of ether oxygens (including phenoxy) is 2. The SMILES string of the molecule is CC1(C)OC(CO)[C@H](Cc2ccccc2)O1. The Morgan fingerprint density at radius 1 is 1.12 bits per heavy atom. The summed E-state index contributed by atoms with van der Waals surface area (Å²) in [6.07, 6.45) is 0.479. The van der Waals surface area contributed by atoms with E-state index in [0.717, 1.165) is 6.42 Å². The fourth-order valence-corrected chi connectivity index (χ4v) is 2.08. The lowest BCUT2D eigenvalue weighted by atomic mass is 10.0. The third-order valence-electron chi connectivity index (χ3n) is 2.74. The lowest BCUT2D eigenvalue weighted by molar-refractivity contribution is -0.149. The molecule has 1 aromatic carbocycles. The number of hydrogen-bond acceptors (Lipinski definition) is 3. The predicted molar refractivity (Wildman–Crippen MR) is 61.1 cm³/mol. The van der Waals surface area contributed by atoms with Crippen LogP contribution < -0.4 is 0 Å². The maximum atomic E-state index is 9.24. The average molecular weight is 222 g/mol. The predicted octanol–water partition coefficient (Wildman–Crippen LogP) is 1.74. The molecule has 1 aromatic rings. The molecule has 1 unspecified atom stereocenters. The summed E-state index contributed by atoms with van der Waals surface area (Å²) < 4.78 is 11.4. The van der Waals surface area contributed by atoms with Crippen LogP contribution in [-0.2, 0) is 15.9 Å². The monoisotopic (exact) mass is 222 g/mol. The first-order chi connectivity index (χ1) is 7.61. The summed E-state index contributed by atoms with van der Waals surface area (Å²) in [4.78, 5) is 0. The highest BCUT2D eigenvalue weighted by Gasteiger charge is 2.40. The highest BCUT2D eigenvalue weighted by molar-refractivity contribution is 5.16. The molecule has 0 saturated carbocycles. The summed E-state index contributed by atoms with van der Waals surface area (Å²) >= 11 is 0. The van der Waals surface area contributed by atoms with Crippen molar-refractivity contribution in [1.82, 2.24) is 0 Å². The van der Waals surface area contributed by atoms with E-state index in [-0.39, 0.29) is 18.8 Å². The number of benzene rings is 1. The average Bonchev–Trinajstić information content (AvgIpc) is 2.54. The molecule has 0 aromatic heterocycles. The number of rotatable bonds is 3. The summed E-state index contributed by atoms with van der Waals surface area (Å²) in [5.41, 5.74) is 1.20. The van der Waals surface area contributed by atoms with E-state index in [1.807, 2.05) is 32.0 Å². The molecule has 0 aliphatic carbocycles. The van der Waals surface area contributed by atoms with Crippen LogP contribution in [0.4, 0.5) is 0 Å². The van der Waals surface area contributed by atoms with Crippen LogP contribution in [0.2, 0.25) is 0 Å². The van der Waals surface area contributed by atoms with Crippen molar-refractivity contribution in [1.29, 1.82) is 0 Å². The topological polar surface area (TPSA) is 38.7 Å². The minimum Gasteiger partial charge on any atom is -0.394 e. The summed E-state index contributed by atoms with van der Waals surface area (Å²) in [6, 6.07) is 10.1. The first-order valence-corrected chi connectivity index (χ1v) is 5.61. The van der Waals surface area contributed by atoms with E-state index in [1.165, 1.54) is 5.56 Å². The van der Waals surface area contributed by atoms with Gasteiger partial charge in [0, 0.05) is 6.42 Å². The fourth-order valence-electron chi connectivity index (χ4n) is 2.08. The molecular formula is C13H18O3. The molecule has 1 aliphatic rings. The molecule has 1 heterocycles. The molecule has 0 bridgehead atoms. The molecule has 3 heteroatoms. The second-order valence-corrected chi connectivity index (χ2v) is 4.58. The fraction of sp³-hybridized carbons (Fsp3) is 0.538. The third-order valence-corrected chi connectivity index (χ3v) is 2.74. The van der Waals surface area contributed by atoms with Crippen LogP contribution in [-0.4, -0.2) is 29.7 Å². The van der Waals surface area contributed by atoms with Crippen LogP contribution in [0.1, 0.15) is 19.4 Å². The molecule has 1 N–H and O–H groups in total. The molecule has 1 saturated heterocycles. The molecule has 0 radical (unpaired) electrons. The van der Waals surface area contributed by atoms with Crippen molar-refractivity contribution >= 4 is 0 Å². The molecule has 3 nitrogen and oxygen atoms in total. The lowest BCUT2D eigenvalue weighted by Gasteiger charge is -2.16. The number of aliphatic hydroxyl groups is 1. The molecule has 0 spiro atoms. The Hall–Kier alpha value is -0.900. The van der Waals surface area contributed by atoms with Crippen molar-refractivity contribution < 1.29 is 14.6 Å². The standard InChI is InChI=1S/C13H18O3/c1-13(2)15-11(12(9-14)16-13)8-10-6-4-3-5-7-10/h3-7,11-12,14H,8-9H2,1-2H3/t11-,12?/m0/s1. The first kappa shape index (κ1) is 11.6. The lowest BCUT2D eigenvalue weighted by Crippen LogP contribution is -2.28. The zero-order valence-electron chi connectivity index (χ0n) is 9.72. The largest absolute Gasteiger partial charge is 0.394 e. The molecule has 1 aliphatic heterocycles. The Labute approximate surface area is 96.0 Å². The first-order valence-electron chi connectivity index (χ1n) is 5.61. The van der Waals surface area contributed by atoms with Gasteiger partial charge in [-0.15, -0.1) is 0 Å². The maximum absolute atomic E-state index is 9.24. The van der Waals surface area contributed by atoms with Crippen molar-refractivity contribution in [3.8, 4) is 0 Å². The van der Waals surface area contributed by atoms with Gasteiger partial charge in [-0.1, -0.05) is 30.3 Å². The van der Waals surface area contributed by atoms with E-state index >= 15 is 0 Å². The highest BCUT2D eigenvalue weighted by Crippen LogP contribution is 2.29. The molecule has 2 rings (SSSR count). The second kappa shape index (κ2) is 4.53. The molecule has 88 valence electrons. The van der Waals surface area contributed by atoms with Crippen LogP contribution in [0, 0.1) is 0 Å². The minimum atomic E-state index is -0.590. The van der Waals surface area contributed by atoms with Gasteiger partial charge in [0.15, 0.2) is 5.79 Å². The van der Waals surface area contributed by atoms with Gasteiger partial charge in [0.2, 0.25) is 0 Å². The van der Waals surface area contributed by atoms with Gasteiger partial charge in [-0.2, -0.15) is 0 Å². The normalized spacial score (nSPS) is 28.2. The van der Waals surface area contributed by atoms with Gasteiger partial charge in [-0.3, -0.25) is 0 Å². The van der Waals surface area contributed by atoms with Crippen LogP contribution in [0.25, 0.3) is 0 Å². The second-order valence-electron chi connectivity index (χ2n) is 4.58. The maximum Gasteiger partial charge on any atom is 0.163 e. The van der Waals surface area contributed by atoms with E-state index in [1.54, 1.807) is 0 Å². The Bertz CT molecular complexity index is 334. The zero-order valence-corrected chi connectivity index (χ0v) is 9.72. The van der Waals surface area contributed by atoms with Gasteiger partial charge >= 0.3 is 0 Å². The van der Waals surface area contributed by atoms with Crippen LogP contribution in [0.5, 0.6) is 0 Å². The number of aliphatic hydroxyl groups excluding tert-OH is 1. The molecule has 16 heavy (non-hydrogen) atoms. The van der Waals surface area contributed by atoms with Gasteiger partial charge in [0.05, 0.1) is 12.7 Å². The van der Waals surface area contributed by atoms with E-state index < -0.39 is 5.79 Å². The van der Waals surface area contributed by atoms with E-state index in [2.05, 4.69) is 12.1 Å². The van der Waals surface area contributed by atoms with Crippen molar-refractivity contribution in [3.05, 3.63) is 35.9 Å². The van der Waals surface area contributed by atoms with Crippen LogP contribution >= 0.6 is 0 Å². The Morgan fingerprint density at radius 2 is 1.75 bits per heavy atom. The number of hydrogen-bond donors (Lipinski definition) is 1. The minimum absolute atomic E-state index is 0.000923. The molecule has 1 fully saturated rings. The summed E-state index contributed by atoms with van der Waals surface area (Å²) in [7, 11) is 0. The quantitative estimate of drug-likeness (QED) is 0.846. The molecule has 0 amide bonds. The van der Waals surface area contributed by atoms with E-state index in [9.17, 15) is 5.11 Å². The van der Waals surface area contributed by atoms with Crippen LogP contribution in [0.3, 0.4) is 0 Å². The zero-order chi connectivity index (χ0) is 11.6. The smallest absolute Gasteiger partial charge is 0.163 e. The summed E-state index contributed by atoms with van der Waals surface area (Å²) in [5.74, 6) is -0.590. The molecular weight excluding hydrogens is 204 g/mol. The molecule has 2 atom stereocenters. The van der Waals surface area contributed by atoms with Gasteiger partial charge in [-0.25, -0.2) is 0 Å².